The van der Waals surface area contributed by atoms with Crippen LogP contribution in [-0.2, 0) is 16.1 Å². The Labute approximate surface area is 132 Å². The van der Waals surface area contributed by atoms with E-state index in [4.69, 9.17) is 5.73 Å². The van der Waals surface area contributed by atoms with Gasteiger partial charge in [0.25, 0.3) is 0 Å². The summed E-state index contributed by atoms with van der Waals surface area (Å²) in [5.74, 6) is 0.370. The summed E-state index contributed by atoms with van der Waals surface area (Å²) in [5.41, 5.74) is 6.76. The van der Waals surface area contributed by atoms with E-state index in [1.165, 1.54) is 18.7 Å². The zero-order valence-electron chi connectivity index (χ0n) is 12.4. The smallest absolute Gasteiger partial charge is 0.227 e. The van der Waals surface area contributed by atoms with Crippen molar-refractivity contribution in [2.45, 2.75) is 25.5 Å². The number of nitrogens with one attached hydrogen (secondary N) is 1. The van der Waals surface area contributed by atoms with Gasteiger partial charge in [0.15, 0.2) is 11.0 Å². The Morgan fingerprint density at radius 1 is 1.27 bits per heavy atom. The first kappa shape index (κ1) is 16.0. The Hall–Kier alpha value is -2.35. The van der Waals surface area contributed by atoms with Crippen LogP contribution in [0.15, 0.2) is 29.4 Å². The molecule has 0 aliphatic carbocycles. The zero-order valence-corrected chi connectivity index (χ0v) is 13.2. The van der Waals surface area contributed by atoms with E-state index in [2.05, 4.69) is 15.5 Å². The van der Waals surface area contributed by atoms with Crippen LogP contribution in [0.2, 0.25) is 0 Å². The molecule has 1 aromatic carbocycles. The van der Waals surface area contributed by atoms with E-state index < -0.39 is 5.91 Å². The Morgan fingerprint density at radius 3 is 2.50 bits per heavy atom. The number of primary amides is 1. The largest absolute Gasteiger partial charge is 0.369 e. The maximum absolute atomic E-state index is 11.0. The van der Waals surface area contributed by atoms with Crippen LogP contribution in [0.3, 0.4) is 0 Å². The van der Waals surface area contributed by atoms with Crippen molar-refractivity contribution in [2.24, 2.45) is 5.73 Å². The average molecular weight is 319 g/mol. The van der Waals surface area contributed by atoms with Crippen LogP contribution in [-0.4, -0.2) is 32.3 Å². The normalized spacial score (nSPS) is 10.5. The molecule has 22 heavy (non-hydrogen) atoms. The number of hydrogen-bond acceptors (Lipinski definition) is 5. The zero-order chi connectivity index (χ0) is 16.1. The summed E-state index contributed by atoms with van der Waals surface area (Å²) < 4.78 is 1.92. The standard InChI is InChI=1S/C14H17N5O2S/c1-3-19-13(17-18-14(19)22-8-12(15)21)10-4-6-11(7-5-10)16-9(2)20/h4-7H,3,8H2,1-2H3,(H2,15,21)(H,16,20). The highest BCUT2D eigenvalue weighted by atomic mass is 32.2. The molecule has 2 aromatic rings. The lowest BCUT2D eigenvalue weighted by molar-refractivity contribution is -0.116. The number of carbonyl (C=O) groups is 2. The lowest BCUT2D eigenvalue weighted by atomic mass is 10.2. The molecule has 0 unspecified atom stereocenters. The predicted octanol–water partition coefficient (Wildman–Crippen LogP) is 1.50. The number of benzene rings is 1. The minimum Gasteiger partial charge on any atom is -0.369 e. The van der Waals surface area contributed by atoms with E-state index >= 15 is 0 Å². The summed E-state index contributed by atoms with van der Waals surface area (Å²) in [6, 6.07) is 7.34. The van der Waals surface area contributed by atoms with Gasteiger partial charge in [-0.15, -0.1) is 10.2 Å². The molecule has 0 saturated heterocycles. The van der Waals surface area contributed by atoms with Gasteiger partial charge >= 0.3 is 0 Å². The number of nitrogens with zero attached hydrogens (tertiary/aromatic N) is 3. The predicted molar refractivity (Wildman–Crippen MR) is 85.4 cm³/mol. The van der Waals surface area contributed by atoms with Gasteiger partial charge in [-0.3, -0.25) is 9.59 Å². The number of anilines is 1. The van der Waals surface area contributed by atoms with Crippen LogP contribution in [0, 0.1) is 0 Å². The quantitative estimate of drug-likeness (QED) is 0.785. The maximum Gasteiger partial charge on any atom is 0.227 e. The van der Waals surface area contributed by atoms with Crippen molar-refractivity contribution >= 4 is 29.3 Å². The van der Waals surface area contributed by atoms with Crippen LogP contribution in [0.5, 0.6) is 0 Å². The Kier molecular flexibility index (Phi) is 5.16. The molecule has 0 spiro atoms. The number of aromatic nitrogens is 3. The van der Waals surface area contributed by atoms with Crippen LogP contribution in [0.4, 0.5) is 5.69 Å². The first-order chi connectivity index (χ1) is 10.5. The molecule has 2 rings (SSSR count). The summed E-state index contributed by atoms with van der Waals surface area (Å²) in [6.07, 6.45) is 0. The molecular formula is C14H17N5O2S. The summed E-state index contributed by atoms with van der Waals surface area (Å²) in [5, 5.41) is 11.7. The van der Waals surface area contributed by atoms with Gasteiger partial charge < -0.3 is 15.6 Å². The second-order valence-corrected chi connectivity index (χ2v) is 5.51. The van der Waals surface area contributed by atoms with Crippen LogP contribution in [0.25, 0.3) is 11.4 Å². The van der Waals surface area contributed by atoms with Crippen molar-refractivity contribution in [2.75, 3.05) is 11.1 Å². The van der Waals surface area contributed by atoms with Crippen LogP contribution in [0.1, 0.15) is 13.8 Å². The first-order valence-electron chi connectivity index (χ1n) is 6.73. The molecule has 1 aromatic heterocycles. The summed E-state index contributed by atoms with van der Waals surface area (Å²) in [6.45, 7) is 4.12. The van der Waals surface area contributed by atoms with E-state index in [1.54, 1.807) is 0 Å². The van der Waals surface area contributed by atoms with Gasteiger partial charge in [0.1, 0.15) is 0 Å². The highest BCUT2D eigenvalue weighted by molar-refractivity contribution is 7.99. The highest BCUT2D eigenvalue weighted by Crippen LogP contribution is 2.24. The fourth-order valence-corrected chi connectivity index (χ4v) is 2.68. The number of hydrogen-bond donors (Lipinski definition) is 2. The summed E-state index contributed by atoms with van der Waals surface area (Å²) in [7, 11) is 0. The second-order valence-electron chi connectivity index (χ2n) is 4.56. The number of rotatable bonds is 6. The van der Waals surface area contributed by atoms with Crippen molar-refractivity contribution < 1.29 is 9.59 Å². The molecule has 3 N–H and O–H groups in total. The van der Waals surface area contributed by atoms with Crippen molar-refractivity contribution in [1.29, 1.82) is 0 Å². The van der Waals surface area contributed by atoms with Gasteiger partial charge in [0.05, 0.1) is 5.75 Å². The van der Waals surface area contributed by atoms with E-state index in [-0.39, 0.29) is 11.7 Å². The molecule has 0 aliphatic rings. The molecule has 0 fully saturated rings. The summed E-state index contributed by atoms with van der Waals surface area (Å²) >= 11 is 1.26. The first-order valence-corrected chi connectivity index (χ1v) is 7.72. The van der Waals surface area contributed by atoms with E-state index in [0.717, 1.165) is 11.3 Å². The van der Waals surface area contributed by atoms with E-state index in [1.807, 2.05) is 35.8 Å². The fourth-order valence-electron chi connectivity index (χ4n) is 1.94. The molecule has 0 aliphatic heterocycles. The Bertz CT molecular complexity index is 681. The van der Waals surface area contributed by atoms with Crippen molar-refractivity contribution in [3.05, 3.63) is 24.3 Å². The van der Waals surface area contributed by atoms with E-state index in [9.17, 15) is 9.59 Å². The summed E-state index contributed by atoms with van der Waals surface area (Å²) in [4.78, 5) is 21.9. The van der Waals surface area contributed by atoms with Gasteiger partial charge in [-0.2, -0.15) is 0 Å². The molecule has 0 saturated carbocycles. The lowest BCUT2D eigenvalue weighted by Crippen LogP contribution is -2.13. The van der Waals surface area contributed by atoms with Crippen LogP contribution >= 0.6 is 11.8 Å². The minimum absolute atomic E-state index is 0.116. The van der Waals surface area contributed by atoms with Gasteiger partial charge in [0, 0.05) is 24.7 Å². The Balaban J connectivity index is 2.24. The van der Waals surface area contributed by atoms with E-state index in [0.29, 0.717) is 17.5 Å². The SMILES string of the molecule is CCn1c(SCC(N)=O)nnc1-c1ccc(NC(C)=O)cc1. The molecule has 116 valence electrons. The molecule has 8 heteroatoms. The number of nitrogens with two attached hydrogens (primary N) is 1. The number of amides is 2. The molecule has 2 amide bonds. The topological polar surface area (TPSA) is 103 Å². The minimum atomic E-state index is -0.392. The molecule has 0 bridgehead atoms. The molecule has 1 heterocycles. The second kappa shape index (κ2) is 7.08. The Morgan fingerprint density at radius 2 is 1.95 bits per heavy atom. The van der Waals surface area contributed by atoms with Crippen molar-refractivity contribution in [3.8, 4) is 11.4 Å². The lowest BCUT2D eigenvalue weighted by Gasteiger charge is -2.07. The third kappa shape index (κ3) is 3.85. The fraction of sp³-hybridized carbons (Fsp3) is 0.286. The molecule has 7 nitrogen and oxygen atoms in total. The van der Waals surface area contributed by atoms with Gasteiger partial charge in [-0.1, -0.05) is 11.8 Å². The average Bonchev–Trinajstić information content (AvgIpc) is 2.88. The molecule has 0 radical (unpaired) electrons. The third-order valence-corrected chi connectivity index (χ3v) is 3.83. The van der Waals surface area contributed by atoms with Gasteiger partial charge in [0.2, 0.25) is 11.8 Å². The maximum atomic E-state index is 11.0. The monoisotopic (exact) mass is 319 g/mol. The van der Waals surface area contributed by atoms with Crippen molar-refractivity contribution in [3.63, 3.8) is 0 Å². The third-order valence-electron chi connectivity index (χ3n) is 2.84. The molecular weight excluding hydrogens is 302 g/mol. The number of thioether (sulfide) groups is 1. The number of carbonyl (C=O) groups excluding carboxylic acids is 2. The highest BCUT2D eigenvalue weighted by Gasteiger charge is 2.13. The van der Waals surface area contributed by atoms with Gasteiger partial charge in [-0.05, 0) is 31.2 Å². The van der Waals surface area contributed by atoms with Gasteiger partial charge in [-0.25, -0.2) is 0 Å². The molecule has 0 atom stereocenters. The van der Waals surface area contributed by atoms with Crippen LogP contribution < -0.4 is 11.1 Å². The van der Waals surface area contributed by atoms with Crippen molar-refractivity contribution in [1.82, 2.24) is 14.8 Å².